The molecule has 2 heterocycles. The molecule has 3 nitrogen and oxygen atoms in total. The lowest BCUT2D eigenvalue weighted by Crippen LogP contribution is -2.36. The summed E-state index contributed by atoms with van der Waals surface area (Å²) in [6, 6.07) is 10.5. The molecule has 0 atom stereocenters. The predicted molar refractivity (Wildman–Crippen MR) is 90.3 cm³/mol. The molecule has 3 rings (SSSR count). The van der Waals surface area contributed by atoms with Gasteiger partial charge in [0, 0.05) is 31.0 Å². The second-order valence-electron chi connectivity index (χ2n) is 6.99. The summed E-state index contributed by atoms with van der Waals surface area (Å²) in [7, 11) is 0. The maximum Gasteiger partial charge on any atom is 0.128 e. The van der Waals surface area contributed by atoms with Crippen molar-refractivity contribution in [3.8, 4) is 0 Å². The largest absolute Gasteiger partial charge is 0.352 e. The Balaban J connectivity index is 1.78. The first kappa shape index (κ1) is 14.8. The van der Waals surface area contributed by atoms with Crippen LogP contribution in [0.4, 0.5) is 0 Å². The van der Waals surface area contributed by atoms with E-state index in [0.717, 1.165) is 25.1 Å². The topological polar surface area (TPSA) is 40.0 Å². The molecule has 0 bridgehead atoms. The molecule has 2 aromatic rings. The van der Waals surface area contributed by atoms with Crippen molar-refractivity contribution in [3.05, 3.63) is 65.0 Å². The normalized spacial score (nSPS) is 14.6. The van der Waals surface area contributed by atoms with Gasteiger partial charge < -0.3 is 4.90 Å². The van der Waals surface area contributed by atoms with E-state index >= 15 is 0 Å². The van der Waals surface area contributed by atoms with Crippen molar-refractivity contribution in [1.82, 2.24) is 9.88 Å². The Kier molecular flexibility index (Phi) is 3.73. The number of aromatic nitrogens is 1. The second kappa shape index (κ2) is 5.56. The van der Waals surface area contributed by atoms with Crippen molar-refractivity contribution in [2.45, 2.75) is 39.2 Å². The lowest BCUT2D eigenvalue weighted by Gasteiger charge is -2.31. The molecule has 3 heteroatoms. The molecule has 1 N–H and O–H groups in total. The van der Waals surface area contributed by atoms with E-state index in [0.29, 0.717) is 5.84 Å². The number of nitrogens with zero attached hydrogens (tertiary/aromatic N) is 2. The van der Waals surface area contributed by atoms with Crippen molar-refractivity contribution in [1.29, 1.82) is 5.41 Å². The molecule has 1 aliphatic heterocycles. The molecule has 0 amide bonds. The van der Waals surface area contributed by atoms with E-state index in [1.165, 1.54) is 16.7 Å². The van der Waals surface area contributed by atoms with Crippen LogP contribution >= 0.6 is 0 Å². The van der Waals surface area contributed by atoms with Gasteiger partial charge in [0.25, 0.3) is 0 Å². The van der Waals surface area contributed by atoms with Crippen LogP contribution in [-0.4, -0.2) is 22.3 Å². The predicted octanol–water partition coefficient (Wildman–Crippen LogP) is 3.76. The highest BCUT2D eigenvalue weighted by Gasteiger charge is 2.20. The van der Waals surface area contributed by atoms with Crippen LogP contribution in [0.3, 0.4) is 0 Å². The zero-order valence-electron chi connectivity index (χ0n) is 13.6. The Morgan fingerprint density at radius 1 is 1.09 bits per heavy atom. The van der Waals surface area contributed by atoms with E-state index in [4.69, 9.17) is 5.41 Å². The SMILES string of the molecule is CC(C)(C)c1ccc(C(=N)N2CCc3ccncc3C2)cc1. The van der Waals surface area contributed by atoms with Crippen molar-refractivity contribution in [2.24, 2.45) is 0 Å². The summed E-state index contributed by atoms with van der Waals surface area (Å²) in [5.41, 5.74) is 5.04. The molecular weight excluding hydrogens is 270 g/mol. The van der Waals surface area contributed by atoms with Crippen LogP contribution in [0.1, 0.15) is 43.0 Å². The van der Waals surface area contributed by atoms with Crippen LogP contribution in [-0.2, 0) is 18.4 Å². The van der Waals surface area contributed by atoms with E-state index < -0.39 is 0 Å². The van der Waals surface area contributed by atoms with Crippen molar-refractivity contribution in [2.75, 3.05) is 6.54 Å². The number of benzene rings is 1. The van der Waals surface area contributed by atoms with E-state index in [2.05, 4.69) is 61.0 Å². The van der Waals surface area contributed by atoms with Gasteiger partial charge in [0.2, 0.25) is 0 Å². The molecule has 0 spiro atoms. The molecule has 1 aromatic heterocycles. The number of nitrogens with one attached hydrogen (secondary N) is 1. The second-order valence-corrected chi connectivity index (χ2v) is 6.99. The van der Waals surface area contributed by atoms with Gasteiger partial charge >= 0.3 is 0 Å². The van der Waals surface area contributed by atoms with Gasteiger partial charge in [0.1, 0.15) is 5.84 Å². The Morgan fingerprint density at radius 2 is 1.82 bits per heavy atom. The molecule has 22 heavy (non-hydrogen) atoms. The number of hydrogen-bond donors (Lipinski definition) is 1. The average Bonchev–Trinajstić information content (AvgIpc) is 2.53. The number of pyridine rings is 1. The summed E-state index contributed by atoms with van der Waals surface area (Å²) in [5, 5.41) is 8.50. The van der Waals surface area contributed by atoms with Crippen LogP contribution in [0.5, 0.6) is 0 Å². The van der Waals surface area contributed by atoms with E-state index in [9.17, 15) is 0 Å². The molecule has 1 aliphatic rings. The Hall–Kier alpha value is -2.16. The van der Waals surface area contributed by atoms with Gasteiger partial charge in [-0.25, -0.2) is 0 Å². The highest BCUT2D eigenvalue weighted by atomic mass is 15.2. The summed E-state index contributed by atoms with van der Waals surface area (Å²) in [6.45, 7) is 8.31. The fourth-order valence-electron chi connectivity index (χ4n) is 2.88. The first-order valence-electron chi connectivity index (χ1n) is 7.81. The highest BCUT2D eigenvalue weighted by Crippen LogP contribution is 2.24. The third-order valence-corrected chi connectivity index (χ3v) is 4.36. The van der Waals surface area contributed by atoms with E-state index in [1.807, 2.05) is 12.4 Å². The van der Waals surface area contributed by atoms with Crippen LogP contribution in [0.15, 0.2) is 42.7 Å². The van der Waals surface area contributed by atoms with Crippen molar-refractivity contribution < 1.29 is 0 Å². The van der Waals surface area contributed by atoms with Crippen LogP contribution in [0.25, 0.3) is 0 Å². The van der Waals surface area contributed by atoms with Gasteiger partial charge in [0.15, 0.2) is 0 Å². The van der Waals surface area contributed by atoms with Crippen LogP contribution in [0.2, 0.25) is 0 Å². The van der Waals surface area contributed by atoms with Gasteiger partial charge in [-0.15, -0.1) is 0 Å². The molecule has 0 aliphatic carbocycles. The van der Waals surface area contributed by atoms with Gasteiger partial charge in [-0.3, -0.25) is 10.4 Å². The van der Waals surface area contributed by atoms with Crippen LogP contribution < -0.4 is 0 Å². The monoisotopic (exact) mass is 293 g/mol. The summed E-state index contributed by atoms with van der Waals surface area (Å²) in [6.07, 6.45) is 4.77. The maximum absolute atomic E-state index is 8.50. The molecule has 0 radical (unpaired) electrons. The fraction of sp³-hybridized carbons (Fsp3) is 0.368. The zero-order chi connectivity index (χ0) is 15.7. The van der Waals surface area contributed by atoms with Crippen molar-refractivity contribution >= 4 is 5.84 Å². The Labute approximate surface area is 132 Å². The summed E-state index contributed by atoms with van der Waals surface area (Å²) in [5.74, 6) is 0.606. The summed E-state index contributed by atoms with van der Waals surface area (Å²) < 4.78 is 0. The standard InChI is InChI=1S/C19H23N3/c1-19(2,3)17-6-4-15(5-7-17)18(20)22-11-9-14-8-10-21-12-16(14)13-22/h4-8,10,12,20H,9,11,13H2,1-3H3. The smallest absolute Gasteiger partial charge is 0.128 e. The zero-order valence-corrected chi connectivity index (χ0v) is 13.6. The fourth-order valence-corrected chi connectivity index (χ4v) is 2.88. The van der Waals surface area contributed by atoms with Crippen molar-refractivity contribution in [3.63, 3.8) is 0 Å². The third kappa shape index (κ3) is 2.89. The number of amidine groups is 1. The maximum atomic E-state index is 8.50. The van der Waals surface area contributed by atoms with E-state index in [-0.39, 0.29) is 5.41 Å². The third-order valence-electron chi connectivity index (χ3n) is 4.36. The van der Waals surface area contributed by atoms with Gasteiger partial charge in [-0.05, 0) is 34.6 Å². The lowest BCUT2D eigenvalue weighted by atomic mass is 9.86. The number of hydrogen-bond acceptors (Lipinski definition) is 2. The lowest BCUT2D eigenvalue weighted by molar-refractivity contribution is 0.391. The molecule has 0 saturated carbocycles. The van der Waals surface area contributed by atoms with Gasteiger partial charge in [-0.1, -0.05) is 45.0 Å². The first-order chi connectivity index (χ1) is 10.4. The Bertz CT molecular complexity index is 681. The Morgan fingerprint density at radius 3 is 2.50 bits per heavy atom. The molecular formula is C19H23N3. The van der Waals surface area contributed by atoms with E-state index in [1.54, 1.807) is 0 Å². The minimum absolute atomic E-state index is 0.149. The summed E-state index contributed by atoms with van der Waals surface area (Å²) in [4.78, 5) is 6.34. The molecule has 0 fully saturated rings. The number of rotatable bonds is 1. The van der Waals surface area contributed by atoms with Gasteiger partial charge in [0.05, 0.1) is 0 Å². The minimum atomic E-state index is 0.149. The first-order valence-corrected chi connectivity index (χ1v) is 7.81. The van der Waals surface area contributed by atoms with Crippen LogP contribution in [0, 0.1) is 5.41 Å². The average molecular weight is 293 g/mol. The molecule has 0 unspecified atom stereocenters. The highest BCUT2D eigenvalue weighted by molar-refractivity contribution is 5.96. The summed E-state index contributed by atoms with van der Waals surface area (Å²) >= 11 is 0. The quantitative estimate of drug-likeness (QED) is 0.642. The molecule has 114 valence electrons. The minimum Gasteiger partial charge on any atom is -0.352 e. The molecule has 0 saturated heterocycles. The van der Waals surface area contributed by atoms with Gasteiger partial charge in [-0.2, -0.15) is 0 Å². The molecule has 1 aromatic carbocycles. The number of fused-ring (bicyclic) bond motifs is 1.